The largest absolute Gasteiger partial charge is 0.283 e. The van der Waals surface area contributed by atoms with Gasteiger partial charge in [0.15, 0.2) is 5.13 Å². The van der Waals surface area contributed by atoms with E-state index in [1.54, 1.807) is 11.1 Å². The maximum absolute atomic E-state index is 12.7. The average Bonchev–Trinajstić information content (AvgIpc) is 3.14. The maximum Gasteiger partial charge on any atom is 0.239 e. The number of rotatable bonds is 6. The van der Waals surface area contributed by atoms with E-state index in [1.165, 1.54) is 23.1 Å². The van der Waals surface area contributed by atoms with Crippen LogP contribution in [-0.4, -0.2) is 16.6 Å². The highest BCUT2D eigenvalue weighted by molar-refractivity contribution is 8.00. The fourth-order valence-electron chi connectivity index (χ4n) is 2.13. The van der Waals surface area contributed by atoms with Crippen LogP contribution >= 0.6 is 34.7 Å². The van der Waals surface area contributed by atoms with E-state index < -0.39 is 0 Å². The second kappa shape index (κ2) is 8.33. The van der Waals surface area contributed by atoms with Crippen molar-refractivity contribution in [2.75, 3.05) is 10.7 Å². The van der Waals surface area contributed by atoms with Gasteiger partial charge in [-0.3, -0.25) is 9.69 Å². The van der Waals surface area contributed by atoms with Gasteiger partial charge in [-0.05, 0) is 29.8 Å². The van der Waals surface area contributed by atoms with E-state index in [4.69, 9.17) is 11.6 Å². The summed E-state index contributed by atoms with van der Waals surface area (Å²) < 4.78 is 0. The highest BCUT2D eigenvalue weighted by Crippen LogP contribution is 2.24. The van der Waals surface area contributed by atoms with E-state index in [9.17, 15) is 4.79 Å². The van der Waals surface area contributed by atoms with Gasteiger partial charge in [0.1, 0.15) is 0 Å². The molecule has 3 nitrogen and oxygen atoms in total. The number of aromatic nitrogens is 1. The molecule has 0 N–H and O–H groups in total. The average molecular weight is 375 g/mol. The first-order valence-electron chi connectivity index (χ1n) is 7.34. The van der Waals surface area contributed by atoms with Gasteiger partial charge in [0.2, 0.25) is 5.91 Å². The Morgan fingerprint density at radius 3 is 2.54 bits per heavy atom. The van der Waals surface area contributed by atoms with E-state index >= 15 is 0 Å². The van der Waals surface area contributed by atoms with Crippen LogP contribution in [-0.2, 0) is 11.3 Å². The van der Waals surface area contributed by atoms with Crippen LogP contribution in [0.1, 0.15) is 5.56 Å². The number of carbonyl (C=O) groups excluding carboxylic acids is 1. The Kier molecular flexibility index (Phi) is 5.91. The van der Waals surface area contributed by atoms with Gasteiger partial charge in [0, 0.05) is 21.5 Å². The molecule has 0 aliphatic heterocycles. The van der Waals surface area contributed by atoms with Crippen LogP contribution in [0.25, 0.3) is 0 Å². The van der Waals surface area contributed by atoms with Crippen molar-refractivity contribution in [2.45, 2.75) is 11.4 Å². The zero-order valence-corrected chi connectivity index (χ0v) is 15.2. The Hall–Kier alpha value is -1.82. The van der Waals surface area contributed by atoms with E-state index in [-0.39, 0.29) is 5.91 Å². The van der Waals surface area contributed by atoms with E-state index in [0.717, 1.165) is 15.6 Å². The third-order valence-corrected chi connectivity index (χ3v) is 5.35. The van der Waals surface area contributed by atoms with Crippen LogP contribution in [0.2, 0.25) is 5.02 Å². The fourth-order valence-corrected chi connectivity index (χ4v) is 3.69. The molecule has 0 unspecified atom stereocenters. The highest BCUT2D eigenvalue weighted by atomic mass is 35.5. The summed E-state index contributed by atoms with van der Waals surface area (Å²) in [6.07, 6.45) is 1.72. The zero-order chi connectivity index (χ0) is 16.8. The molecule has 0 aliphatic carbocycles. The van der Waals surface area contributed by atoms with Crippen molar-refractivity contribution in [3.8, 4) is 0 Å². The second-order valence-electron chi connectivity index (χ2n) is 5.02. The molecule has 6 heteroatoms. The molecule has 0 saturated heterocycles. The smallest absolute Gasteiger partial charge is 0.239 e. The molecule has 0 saturated carbocycles. The maximum atomic E-state index is 12.7. The molecule has 0 aliphatic rings. The monoisotopic (exact) mass is 374 g/mol. The van der Waals surface area contributed by atoms with Crippen LogP contribution < -0.4 is 4.90 Å². The lowest BCUT2D eigenvalue weighted by atomic mass is 10.2. The van der Waals surface area contributed by atoms with Gasteiger partial charge in [-0.1, -0.05) is 41.9 Å². The minimum Gasteiger partial charge on any atom is -0.283 e. The summed E-state index contributed by atoms with van der Waals surface area (Å²) >= 11 is 8.86. The normalized spacial score (nSPS) is 10.5. The van der Waals surface area contributed by atoms with E-state index in [0.29, 0.717) is 17.3 Å². The summed E-state index contributed by atoms with van der Waals surface area (Å²) in [6.45, 7) is 0.522. The third kappa shape index (κ3) is 4.60. The fraction of sp³-hybridized carbons (Fsp3) is 0.111. The van der Waals surface area contributed by atoms with Gasteiger partial charge < -0.3 is 0 Å². The van der Waals surface area contributed by atoms with E-state index in [1.807, 2.05) is 60.0 Å². The lowest BCUT2D eigenvalue weighted by Gasteiger charge is -2.20. The van der Waals surface area contributed by atoms with Gasteiger partial charge >= 0.3 is 0 Å². The predicted molar refractivity (Wildman–Crippen MR) is 102 cm³/mol. The van der Waals surface area contributed by atoms with Gasteiger partial charge in [0.25, 0.3) is 0 Å². The van der Waals surface area contributed by atoms with Crippen LogP contribution in [0, 0.1) is 0 Å². The van der Waals surface area contributed by atoms with Gasteiger partial charge in [-0.2, -0.15) is 0 Å². The third-order valence-electron chi connectivity index (χ3n) is 3.31. The molecule has 0 atom stereocenters. The quantitative estimate of drug-likeness (QED) is 0.561. The zero-order valence-electron chi connectivity index (χ0n) is 12.8. The standard InChI is InChI=1S/C18H15ClN2OS2/c19-15-6-8-16(9-7-15)24-13-17(22)21(18-20-10-11-23-18)12-14-4-2-1-3-5-14/h1-11H,12-13H2. The van der Waals surface area contributed by atoms with Gasteiger partial charge in [-0.25, -0.2) is 4.98 Å². The van der Waals surface area contributed by atoms with Gasteiger partial charge in [0.05, 0.1) is 12.3 Å². The minimum absolute atomic E-state index is 0.0359. The molecule has 0 spiro atoms. The Bertz CT molecular complexity index is 777. The first kappa shape index (κ1) is 17.0. The number of hydrogen-bond donors (Lipinski definition) is 0. The predicted octanol–water partition coefficient (Wildman–Crippen LogP) is 5.12. The number of carbonyl (C=O) groups is 1. The molecule has 0 fully saturated rings. The molecule has 0 bridgehead atoms. The molecule has 3 rings (SSSR count). The molecule has 3 aromatic rings. The summed E-state index contributed by atoms with van der Waals surface area (Å²) in [5, 5.41) is 3.30. The molecule has 0 radical (unpaired) electrons. The summed E-state index contributed by atoms with van der Waals surface area (Å²) in [6, 6.07) is 17.4. The second-order valence-corrected chi connectivity index (χ2v) is 7.38. The SMILES string of the molecule is O=C(CSc1ccc(Cl)cc1)N(Cc1ccccc1)c1nccs1. The van der Waals surface area contributed by atoms with Crippen molar-refractivity contribution in [3.05, 3.63) is 76.8 Å². The Balaban J connectivity index is 1.70. The van der Waals surface area contributed by atoms with Crippen molar-refractivity contribution >= 4 is 45.7 Å². The van der Waals surface area contributed by atoms with Crippen molar-refractivity contribution in [1.82, 2.24) is 4.98 Å². The lowest BCUT2D eigenvalue weighted by molar-refractivity contribution is -0.116. The number of hydrogen-bond acceptors (Lipinski definition) is 4. The molecule has 24 heavy (non-hydrogen) atoms. The molecular weight excluding hydrogens is 360 g/mol. The Morgan fingerprint density at radius 2 is 1.88 bits per heavy atom. The van der Waals surface area contributed by atoms with E-state index in [2.05, 4.69) is 4.98 Å². The van der Waals surface area contributed by atoms with Crippen LogP contribution in [0.5, 0.6) is 0 Å². The van der Waals surface area contributed by atoms with Gasteiger partial charge in [-0.15, -0.1) is 23.1 Å². The van der Waals surface area contributed by atoms with Crippen LogP contribution in [0.3, 0.4) is 0 Å². The minimum atomic E-state index is 0.0359. The molecule has 1 amide bonds. The first-order chi connectivity index (χ1) is 11.7. The number of nitrogens with zero attached hydrogens (tertiary/aromatic N) is 2. The summed E-state index contributed by atoms with van der Waals surface area (Å²) in [5.74, 6) is 0.391. The molecule has 1 aromatic heterocycles. The first-order valence-corrected chi connectivity index (χ1v) is 9.59. The summed E-state index contributed by atoms with van der Waals surface area (Å²) in [7, 11) is 0. The summed E-state index contributed by atoms with van der Waals surface area (Å²) in [5.41, 5.74) is 1.08. The topological polar surface area (TPSA) is 33.2 Å². The number of thioether (sulfide) groups is 1. The molecule has 122 valence electrons. The Labute approximate surface area is 154 Å². The number of anilines is 1. The van der Waals surface area contributed by atoms with Crippen LogP contribution in [0.15, 0.2) is 71.1 Å². The summed E-state index contributed by atoms with van der Waals surface area (Å²) in [4.78, 5) is 19.8. The van der Waals surface area contributed by atoms with Crippen molar-refractivity contribution in [3.63, 3.8) is 0 Å². The number of benzene rings is 2. The van der Waals surface area contributed by atoms with Crippen LogP contribution in [0.4, 0.5) is 5.13 Å². The molecule has 1 heterocycles. The number of thiazole rings is 1. The van der Waals surface area contributed by atoms with Crippen molar-refractivity contribution in [2.24, 2.45) is 0 Å². The Morgan fingerprint density at radius 1 is 1.12 bits per heavy atom. The number of amides is 1. The molecule has 2 aromatic carbocycles. The molecular formula is C18H15ClN2OS2. The van der Waals surface area contributed by atoms with Crippen molar-refractivity contribution < 1.29 is 4.79 Å². The highest BCUT2D eigenvalue weighted by Gasteiger charge is 2.18. The van der Waals surface area contributed by atoms with Crippen molar-refractivity contribution in [1.29, 1.82) is 0 Å². The lowest BCUT2D eigenvalue weighted by Crippen LogP contribution is -2.31. The number of halogens is 1.